The maximum atomic E-state index is 13.0. The first-order chi connectivity index (χ1) is 14.2. The Morgan fingerprint density at radius 3 is 2.33 bits per heavy atom. The van der Waals surface area contributed by atoms with Crippen LogP contribution in [0.5, 0.6) is 11.5 Å². The highest BCUT2D eigenvalue weighted by Crippen LogP contribution is 2.35. The van der Waals surface area contributed by atoms with Gasteiger partial charge in [0.25, 0.3) is 11.8 Å². The number of halogens is 1. The second-order valence-corrected chi connectivity index (χ2v) is 7.84. The van der Waals surface area contributed by atoms with Gasteiger partial charge in [-0.3, -0.25) is 14.9 Å². The number of nitrogens with one attached hydrogen (secondary N) is 1. The third-order valence-corrected chi connectivity index (χ3v) is 5.03. The lowest BCUT2D eigenvalue weighted by atomic mass is 10.1. The average molecular weight is 473 g/mol. The molecule has 30 heavy (non-hydrogen) atoms. The van der Waals surface area contributed by atoms with Crippen LogP contribution < -0.4 is 19.7 Å². The number of ether oxygens (including phenoxy) is 2. The van der Waals surface area contributed by atoms with Gasteiger partial charge in [-0.25, -0.2) is 9.69 Å². The Kier molecular flexibility index (Phi) is 6.26. The number of carbonyl (C=O) groups excluding carboxylic acids is 3. The number of nitrogens with zero attached hydrogens (tertiary/aromatic N) is 1. The Hall–Kier alpha value is -3.13. The Balaban J connectivity index is 2.03. The normalized spacial score (nSPS) is 15.6. The lowest BCUT2D eigenvalue weighted by Crippen LogP contribution is -2.54. The number of anilines is 1. The van der Waals surface area contributed by atoms with Crippen LogP contribution in [0.2, 0.25) is 0 Å². The zero-order valence-electron chi connectivity index (χ0n) is 17.0. The highest BCUT2D eigenvalue weighted by molar-refractivity contribution is 9.10. The summed E-state index contributed by atoms with van der Waals surface area (Å²) in [6.07, 6.45) is 1.35. The number of aryl methyl sites for hydroxylation is 1. The Morgan fingerprint density at radius 2 is 1.73 bits per heavy atom. The van der Waals surface area contributed by atoms with Crippen LogP contribution in [0.3, 0.4) is 0 Å². The van der Waals surface area contributed by atoms with Crippen molar-refractivity contribution in [1.29, 1.82) is 0 Å². The van der Waals surface area contributed by atoms with E-state index in [4.69, 9.17) is 9.47 Å². The van der Waals surface area contributed by atoms with E-state index in [1.807, 2.05) is 20.8 Å². The first-order valence-corrected chi connectivity index (χ1v) is 10.0. The summed E-state index contributed by atoms with van der Waals surface area (Å²) < 4.78 is 11.7. The maximum Gasteiger partial charge on any atom is 0.335 e. The fraction of sp³-hybridized carbons (Fsp3) is 0.227. The topological polar surface area (TPSA) is 84.9 Å². The monoisotopic (exact) mass is 472 g/mol. The molecule has 0 unspecified atom stereocenters. The summed E-state index contributed by atoms with van der Waals surface area (Å²) in [6.45, 7) is 5.68. The van der Waals surface area contributed by atoms with Gasteiger partial charge in [-0.2, -0.15) is 0 Å². The van der Waals surface area contributed by atoms with E-state index in [0.717, 1.165) is 10.5 Å². The van der Waals surface area contributed by atoms with Gasteiger partial charge in [0.15, 0.2) is 11.5 Å². The molecule has 156 valence electrons. The number of carbonyl (C=O) groups is 3. The van der Waals surface area contributed by atoms with Gasteiger partial charge < -0.3 is 9.47 Å². The van der Waals surface area contributed by atoms with Crippen LogP contribution in [-0.4, -0.2) is 31.1 Å². The molecule has 0 saturated carbocycles. The molecule has 0 aromatic heterocycles. The summed E-state index contributed by atoms with van der Waals surface area (Å²) in [5, 5.41) is 2.22. The van der Waals surface area contributed by atoms with Crippen molar-refractivity contribution >= 4 is 45.5 Å². The van der Waals surface area contributed by atoms with Crippen LogP contribution in [0.15, 0.2) is 46.4 Å². The third-order valence-electron chi connectivity index (χ3n) is 4.34. The fourth-order valence-electron chi connectivity index (χ4n) is 2.91. The lowest BCUT2D eigenvalue weighted by molar-refractivity contribution is -0.122. The largest absolute Gasteiger partial charge is 0.493 e. The summed E-state index contributed by atoms with van der Waals surface area (Å²) in [5.74, 6) is -0.492. The average Bonchev–Trinajstić information content (AvgIpc) is 2.67. The molecule has 0 spiro atoms. The molecule has 2 aromatic rings. The van der Waals surface area contributed by atoms with Crippen LogP contribution in [0.25, 0.3) is 6.08 Å². The second kappa shape index (κ2) is 8.71. The number of imide groups is 2. The van der Waals surface area contributed by atoms with Gasteiger partial charge in [0.1, 0.15) is 5.57 Å². The van der Waals surface area contributed by atoms with Gasteiger partial charge >= 0.3 is 6.03 Å². The van der Waals surface area contributed by atoms with Crippen LogP contribution >= 0.6 is 15.9 Å². The van der Waals surface area contributed by atoms with Crippen LogP contribution in [0, 0.1) is 6.92 Å². The van der Waals surface area contributed by atoms with Crippen LogP contribution in [-0.2, 0) is 9.59 Å². The number of benzene rings is 2. The van der Waals surface area contributed by atoms with E-state index in [9.17, 15) is 14.4 Å². The predicted octanol–water partition coefficient (Wildman–Crippen LogP) is 4.22. The SMILES string of the molecule is COc1cc(/C=C2\C(=O)NC(=O)N(c3ccc(C)cc3)C2=O)c(Br)cc1OC(C)C. The molecular formula is C22H21BrN2O5. The zero-order chi connectivity index (χ0) is 22.0. The van der Waals surface area contributed by atoms with E-state index in [2.05, 4.69) is 21.2 Å². The molecule has 1 fully saturated rings. The Morgan fingerprint density at radius 1 is 1.07 bits per heavy atom. The van der Waals surface area contributed by atoms with Crippen molar-refractivity contribution in [1.82, 2.24) is 5.32 Å². The predicted molar refractivity (Wildman–Crippen MR) is 117 cm³/mol. The number of methoxy groups -OCH3 is 1. The van der Waals surface area contributed by atoms with Gasteiger partial charge in [0.05, 0.1) is 18.9 Å². The van der Waals surface area contributed by atoms with E-state index in [1.54, 1.807) is 36.4 Å². The van der Waals surface area contributed by atoms with Gasteiger partial charge in [0.2, 0.25) is 0 Å². The molecule has 1 heterocycles. The summed E-state index contributed by atoms with van der Waals surface area (Å²) in [7, 11) is 1.50. The quantitative estimate of drug-likeness (QED) is 0.520. The zero-order valence-corrected chi connectivity index (χ0v) is 18.6. The van der Waals surface area contributed by atoms with Crippen LogP contribution in [0.1, 0.15) is 25.0 Å². The van der Waals surface area contributed by atoms with Crippen molar-refractivity contribution in [2.75, 3.05) is 12.0 Å². The number of hydrogen-bond donors (Lipinski definition) is 1. The summed E-state index contributed by atoms with van der Waals surface area (Å²) in [6, 6.07) is 9.44. The van der Waals surface area contributed by atoms with Gasteiger partial charge in [-0.05, 0) is 56.7 Å². The van der Waals surface area contributed by atoms with E-state index in [1.165, 1.54) is 13.2 Å². The molecule has 0 aliphatic carbocycles. The molecule has 4 amide bonds. The molecule has 0 atom stereocenters. The molecule has 1 N–H and O–H groups in total. The Labute approximate surface area is 182 Å². The summed E-state index contributed by atoms with van der Waals surface area (Å²) >= 11 is 3.44. The molecule has 1 saturated heterocycles. The lowest BCUT2D eigenvalue weighted by Gasteiger charge is -2.26. The number of hydrogen-bond acceptors (Lipinski definition) is 5. The number of rotatable bonds is 5. The van der Waals surface area contributed by atoms with Crippen molar-refractivity contribution < 1.29 is 23.9 Å². The minimum Gasteiger partial charge on any atom is -0.493 e. The van der Waals surface area contributed by atoms with Crippen LogP contribution in [0.4, 0.5) is 10.5 Å². The van der Waals surface area contributed by atoms with Crippen molar-refractivity contribution in [2.45, 2.75) is 26.9 Å². The smallest absolute Gasteiger partial charge is 0.335 e. The highest BCUT2D eigenvalue weighted by Gasteiger charge is 2.37. The Bertz CT molecular complexity index is 1040. The molecule has 2 aromatic carbocycles. The fourth-order valence-corrected chi connectivity index (χ4v) is 3.35. The van der Waals surface area contributed by atoms with Crippen molar-refractivity contribution in [3.8, 4) is 11.5 Å². The number of amides is 4. The second-order valence-electron chi connectivity index (χ2n) is 6.98. The molecular weight excluding hydrogens is 452 g/mol. The van der Waals surface area contributed by atoms with E-state index in [-0.39, 0.29) is 11.7 Å². The van der Waals surface area contributed by atoms with Gasteiger partial charge in [-0.1, -0.05) is 33.6 Å². The molecule has 1 aliphatic heterocycles. The highest BCUT2D eigenvalue weighted by atomic mass is 79.9. The van der Waals surface area contributed by atoms with E-state index >= 15 is 0 Å². The first-order valence-electron chi connectivity index (χ1n) is 9.23. The molecule has 3 rings (SSSR count). The molecule has 0 bridgehead atoms. The molecule has 7 nitrogen and oxygen atoms in total. The maximum absolute atomic E-state index is 13.0. The summed E-state index contributed by atoms with van der Waals surface area (Å²) in [5.41, 5.74) is 1.71. The van der Waals surface area contributed by atoms with E-state index in [0.29, 0.717) is 27.2 Å². The standard InChI is InChI=1S/C22H21BrN2O5/c1-12(2)30-19-11-17(23)14(10-18(19)29-4)9-16-20(26)24-22(28)25(21(16)27)15-7-5-13(3)6-8-15/h5-12H,1-4H3,(H,24,26,28)/b16-9+. The van der Waals surface area contributed by atoms with Gasteiger partial charge in [0, 0.05) is 4.47 Å². The van der Waals surface area contributed by atoms with Crippen molar-refractivity contribution in [3.63, 3.8) is 0 Å². The number of urea groups is 1. The third kappa shape index (κ3) is 4.38. The molecule has 1 aliphatic rings. The molecule has 0 radical (unpaired) electrons. The van der Waals surface area contributed by atoms with E-state index < -0.39 is 17.8 Å². The van der Waals surface area contributed by atoms with Crippen molar-refractivity contribution in [3.05, 3.63) is 57.6 Å². The minimum absolute atomic E-state index is 0.0604. The molecule has 8 heteroatoms. The first kappa shape index (κ1) is 21.6. The minimum atomic E-state index is -0.789. The van der Waals surface area contributed by atoms with Crippen molar-refractivity contribution in [2.24, 2.45) is 0 Å². The number of barbiturate groups is 1. The van der Waals surface area contributed by atoms with Gasteiger partial charge in [-0.15, -0.1) is 0 Å². The summed E-state index contributed by atoms with van der Waals surface area (Å²) in [4.78, 5) is 38.7.